The summed E-state index contributed by atoms with van der Waals surface area (Å²) in [7, 11) is 0. The number of aryl methyl sites for hydroxylation is 1. The van der Waals surface area contributed by atoms with E-state index in [1.807, 2.05) is 24.3 Å². The van der Waals surface area contributed by atoms with Crippen molar-refractivity contribution in [2.24, 2.45) is 0 Å². The highest BCUT2D eigenvalue weighted by Gasteiger charge is 2.26. The van der Waals surface area contributed by atoms with Gasteiger partial charge in [0.2, 0.25) is 0 Å². The second kappa shape index (κ2) is 5.40. The Morgan fingerprint density at radius 2 is 1.62 bits per heavy atom. The Morgan fingerprint density at radius 1 is 0.952 bits per heavy atom. The van der Waals surface area contributed by atoms with Gasteiger partial charge in [-0.05, 0) is 36.6 Å². The van der Waals surface area contributed by atoms with Crippen LogP contribution in [0.2, 0.25) is 0 Å². The summed E-state index contributed by atoms with van der Waals surface area (Å²) in [4.78, 5) is 25.7. The molecule has 1 N–H and O–H groups in total. The van der Waals surface area contributed by atoms with Gasteiger partial charge in [0, 0.05) is 12.2 Å². The van der Waals surface area contributed by atoms with Crippen molar-refractivity contribution in [3.8, 4) is 0 Å². The monoisotopic (exact) mass is 281 g/mol. The first kappa shape index (κ1) is 13.4. The quantitative estimate of drug-likeness (QED) is 0.920. The van der Waals surface area contributed by atoms with Crippen molar-refractivity contribution in [1.82, 2.24) is 0 Å². The van der Waals surface area contributed by atoms with Crippen LogP contribution >= 0.6 is 0 Å². The van der Waals surface area contributed by atoms with Crippen LogP contribution in [0.5, 0.6) is 0 Å². The van der Waals surface area contributed by atoms with Crippen LogP contribution in [0, 0.1) is 0 Å². The highest BCUT2D eigenvalue weighted by molar-refractivity contribution is 6.12. The summed E-state index contributed by atoms with van der Waals surface area (Å²) in [5.41, 5.74) is 2.30. The highest BCUT2D eigenvalue weighted by atomic mass is 16.4. The van der Waals surface area contributed by atoms with E-state index in [2.05, 4.69) is 0 Å². The van der Waals surface area contributed by atoms with Gasteiger partial charge in [-0.15, -0.1) is 0 Å². The smallest absolute Gasteiger partial charge is 0.336 e. The molecule has 106 valence electrons. The van der Waals surface area contributed by atoms with Crippen molar-refractivity contribution in [1.29, 1.82) is 0 Å². The molecule has 0 radical (unpaired) electrons. The fraction of sp³-hybridized carbons (Fsp3) is 0.176. The normalized spacial score (nSPS) is 13.6. The number of amides is 1. The maximum Gasteiger partial charge on any atom is 0.336 e. The third-order valence-electron chi connectivity index (χ3n) is 3.74. The molecule has 0 fully saturated rings. The van der Waals surface area contributed by atoms with Gasteiger partial charge in [0.25, 0.3) is 5.91 Å². The van der Waals surface area contributed by atoms with Gasteiger partial charge in [0.1, 0.15) is 0 Å². The average molecular weight is 281 g/mol. The van der Waals surface area contributed by atoms with E-state index < -0.39 is 5.97 Å². The summed E-state index contributed by atoms with van der Waals surface area (Å²) in [6, 6.07) is 14.1. The first-order valence-corrected chi connectivity index (χ1v) is 6.90. The molecule has 1 amide bonds. The average Bonchev–Trinajstić information content (AvgIpc) is 2.53. The number of carboxylic acid groups (broad SMARTS) is 1. The number of para-hydroxylation sites is 1. The molecule has 2 aromatic rings. The number of benzene rings is 2. The number of rotatable bonds is 2. The van der Waals surface area contributed by atoms with Gasteiger partial charge < -0.3 is 10.0 Å². The minimum Gasteiger partial charge on any atom is -0.478 e. The minimum atomic E-state index is -1.08. The predicted molar refractivity (Wildman–Crippen MR) is 79.8 cm³/mol. The Hall–Kier alpha value is -2.62. The lowest BCUT2D eigenvalue weighted by Gasteiger charge is -2.29. The zero-order valence-electron chi connectivity index (χ0n) is 11.5. The molecule has 21 heavy (non-hydrogen) atoms. The molecule has 1 heterocycles. The Kier molecular flexibility index (Phi) is 3.44. The molecule has 3 rings (SSSR count). The van der Waals surface area contributed by atoms with E-state index in [1.54, 1.807) is 23.1 Å². The van der Waals surface area contributed by atoms with Crippen molar-refractivity contribution in [2.75, 3.05) is 11.4 Å². The lowest BCUT2D eigenvalue weighted by atomic mass is 9.99. The molecule has 0 saturated carbocycles. The summed E-state index contributed by atoms with van der Waals surface area (Å²) >= 11 is 0. The molecule has 0 aliphatic carbocycles. The van der Waals surface area contributed by atoms with Gasteiger partial charge in [0.15, 0.2) is 0 Å². The van der Waals surface area contributed by atoms with Crippen LogP contribution in [0.15, 0.2) is 48.5 Å². The number of hydrogen-bond acceptors (Lipinski definition) is 2. The van der Waals surface area contributed by atoms with Crippen molar-refractivity contribution >= 4 is 17.6 Å². The highest BCUT2D eigenvalue weighted by Crippen LogP contribution is 2.28. The maximum absolute atomic E-state index is 12.8. The summed E-state index contributed by atoms with van der Waals surface area (Å²) in [5.74, 6) is -1.33. The lowest BCUT2D eigenvalue weighted by Crippen LogP contribution is -2.36. The number of aromatic carboxylic acids is 1. The van der Waals surface area contributed by atoms with Gasteiger partial charge in [-0.25, -0.2) is 4.79 Å². The van der Waals surface area contributed by atoms with Gasteiger partial charge in [-0.3, -0.25) is 4.79 Å². The van der Waals surface area contributed by atoms with E-state index in [0.717, 1.165) is 24.1 Å². The molecule has 0 atom stereocenters. The zero-order valence-corrected chi connectivity index (χ0v) is 11.5. The molecule has 0 unspecified atom stereocenters. The van der Waals surface area contributed by atoms with Crippen molar-refractivity contribution in [3.05, 3.63) is 65.2 Å². The molecular weight excluding hydrogens is 266 g/mol. The first-order valence-electron chi connectivity index (χ1n) is 6.90. The molecule has 0 spiro atoms. The fourth-order valence-corrected chi connectivity index (χ4v) is 2.75. The van der Waals surface area contributed by atoms with Crippen molar-refractivity contribution < 1.29 is 14.7 Å². The van der Waals surface area contributed by atoms with E-state index in [9.17, 15) is 14.7 Å². The number of fused-ring (bicyclic) bond motifs is 1. The topological polar surface area (TPSA) is 57.6 Å². The molecule has 4 heteroatoms. The summed E-state index contributed by atoms with van der Waals surface area (Å²) in [6.07, 6.45) is 1.83. The Balaban J connectivity index is 2.03. The molecular formula is C17H15NO3. The number of carbonyl (C=O) groups is 2. The number of carboxylic acids is 1. The maximum atomic E-state index is 12.8. The Labute approximate surface area is 122 Å². The first-order chi connectivity index (χ1) is 10.2. The number of nitrogens with zero attached hydrogens (tertiary/aromatic N) is 1. The summed E-state index contributed by atoms with van der Waals surface area (Å²) < 4.78 is 0. The summed E-state index contributed by atoms with van der Waals surface area (Å²) in [5, 5.41) is 9.24. The molecule has 4 nitrogen and oxygen atoms in total. The number of hydrogen-bond donors (Lipinski definition) is 1. The van der Waals surface area contributed by atoms with Gasteiger partial charge in [-0.1, -0.05) is 30.3 Å². The van der Waals surface area contributed by atoms with Crippen LogP contribution in [0.3, 0.4) is 0 Å². The molecule has 0 bridgehead atoms. The Morgan fingerprint density at radius 3 is 2.38 bits per heavy atom. The van der Waals surface area contributed by atoms with E-state index in [-0.39, 0.29) is 17.0 Å². The molecule has 1 aliphatic heterocycles. The molecule has 0 aromatic heterocycles. The minimum absolute atomic E-state index is 0.0468. The van der Waals surface area contributed by atoms with Gasteiger partial charge >= 0.3 is 5.97 Å². The molecule has 1 aliphatic rings. The zero-order chi connectivity index (χ0) is 14.8. The lowest BCUT2D eigenvalue weighted by molar-refractivity contribution is 0.0692. The second-order valence-electron chi connectivity index (χ2n) is 5.04. The standard InChI is InChI=1S/C17H15NO3/c19-16(13-8-2-3-9-14(13)17(20)21)18-11-5-7-12-6-1-4-10-15(12)18/h1-4,6,8-10H,5,7,11H2,(H,20,21). The third-order valence-corrected chi connectivity index (χ3v) is 3.74. The van der Waals surface area contributed by atoms with Crippen LogP contribution in [0.25, 0.3) is 0 Å². The molecule has 0 saturated heterocycles. The SMILES string of the molecule is O=C(O)c1ccccc1C(=O)N1CCCc2ccccc21. The van der Waals surface area contributed by atoms with Crippen LogP contribution < -0.4 is 4.90 Å². The second-order valence-corrected chi connectivity index (χ2v) is 5.04. The van der Waals surface area contributed by atoms with E-state index in [1.165, 1.54) is 6.07 Å². The van der Waals surface area contributed by atoms with Crippen LogP contribution in [0.1, 0.15) is 32.7 Å². The summed E-state index contributed by atoms with van der Waals surface area (Å²) in [6.45, 7) is 0.615. The van der Waals surface area contributed by atoms with Crippen LogP contribution in [-0.2, 0) is 6.42 Å². The largest absolute Gasteiger partial charge is 0.478 e. The number of carbonyl (C=O) groups excluding carboxylic acids is 1. The molecule has 2 aromatic carbocycles. The van der Waals surface area contributed by atoms with Gasteiger partial charge in [-0.2, -0.15) is 0 Å². The third kappa shape index (κ3) is 2.40. The van der Waals surface area contributed by atoms with Crippen molar-refractivity contribution in [3.63, 3.8) is 0 Å². The van der Waals surface area contributed by atoms with Crippen LogP contribution in [-0.4, -0.2) is 23.5 Å². The Bertz CT molecular complexity index is 709. The van der Waals surface area contributed by atoms with E-state index in [4.69, 9.17) is 0 Å². The fourth-order valence-electron chi connectivity index (χ4n) is 2.75. The van der Waals surface area contributed by atoms with E-state index in [0.29, 0.717) is 6.54 Å². The number of anilines is 1. The van der Waals surface area contributed by atoms with E-state index >= 15 is 0 Å². The van der Waals surface area contributed by atoms with Crippen molar-refractivity contribution in [2.45, 2.75) is 12.8 Å². The van der Waals surface area contributed by atoms with Crippen LogP contribution in [0.4, 0.5) is 5.69 Å². The van der Waals surface area contributed by atoms with Gasteiger partial charge in [0.05, 0.1) is 11.1 Å². The predicted octanol–water partition coefficient (Wildman–Crippen LogP) is 2.98.